The van der Waals surface area contributed by atoms with Crippen molar-refractivity contribution < 1.29 is 9.18 Å². The van der Waals surface area contributed by atoms with Gasteiger partial charge in [-0.25, -0.2) is 4.39 Å². The average molecular weight is 384 g/mol. The van der Waals surface area contributed by atoms with Crippen molar-refractivity contribution in [1.29, 1.82) is 0 Å². The van der Waals surface area contributed by atoms with Crippen molar-refractivity contribution in [1.82, 2.24) is 4.98 Å². The molecule has 4 aromatic rings. The Hall–Kier alpha value is -3.53. The minimum Gasteiger partial charge on any atom is -0.320 e. The number of anilines is 1. The van der Waals surface area contributed by atoms with Crippen LogP contribution in [-0.2, 0) is 6.42 Å². The fourth-order valence-electron chi connectivity index (χ4n) is 3.41. The molecule has 144 valence electrons. The van der Waals surface area contributed by atoms with Gasteiger partial charge in [0.25, 0.3) is 5.91 Å². The summed E-state index contributed by atoms with van der Waals surface area (Å²) in [6, 6.07) is 24.0. The van der Waals surface area contributed by atoms with Crippen molar-refractivity contribution in [2.75, 3.05) is 5.32 Å². The normalized spacial score (nSPS) is 11.9. The molecule has 0 unspecified atom stereocenters. The molecule has 1 amide bonds. The summed E-state index contributed by atoms with van der Waals surface area (Å²) < 4.78 is 15.1. The summed E-state index contributed by atoms with van der Waals surface area (Å²) >= 11 is 0. The number of carbonyl (C=O) groups excluding carboxylic acids is 1. The van der Waals surface area contributed by atoms with Crippen LogP contribution in [0, 0.1) is 6.92 Å². The Balaban J connectivity index is 1.60. The van der Waals surface area contributed by atoms with Crippen LogP contribution in [0.25, 0.3) is 10.9 Å². The number of para-hydroxylation sites is 1. The van der Waals surface area contributed by atoms with Gasteiger partial charge in [0.15, 0.2) is 0 Å². The molecule has 0 aliphatic rings. The lowest BCUT2D eigenvalue weighted by Gasteiger charge is -2.15. The summed E-state index contributed by atoms with van der Waals surface area (Å²) in [6.45, 7) is 2.00. The molecule has 4 heteroatoms. The predicted molar refractivity (Wildman–Crippen MR) is 115 cm³/mol. The van der Waals surface area contributed by atoms with Gasteiger partial charge in [0.2, 0.25) is 0 Å². The van der Waals surface area contributed by atoms with Crippen molar-refractivity contribution in [3.05, 3.63) is 107 Å². The van der Waals surface area contributed by atoms with Crippen LogP contribution in [0.1, 0.15) is 33.2 Å². The topological polar surface area (TPSA) is 42.0 Å². The largest absolute Gasteiger partial charge is 0.320 e. The number of rotatable bonds is 5. The second-order valence-corrected chi connectivity index (χ2v) is 7.08. The molecule has 0 saturated heterocycles. The highest BCUT2D eigenvalue weighted by molar-refractivity contribution is 6.09. The molecule has 0 bridgehead atoms. The summed E-state index contributed by atoms with van der Waals surface area (Å²) in [5.74, 6) is -0.342. The van der Waals surface area contributed by atoms with Crippen molar-refractivity contribution in [3.8, 4) is 0 Å². The first kappa shape index (κ1) is 18.8. The van der Waals surface area contributed by atoms with E-state index in [2.05, 4.69) is 10.3 Å². The monoisotopic (exact) mass is 384 g/mol. The molecule has 1 N–H and O–H groups in total. The summed E-state index contributed by atoms with van der Waals surface area (Å²) in [5, 5.41) is 3.83. The van der Waals surface area contributed by atoms with E-state index in [-0.39, 0.29) is 12.3 Å². The molecule has 0 fully saturated rings. The Kier molecular flexibility index (Phi) is 5.34. The zero-order chi connectivity index (χ0) is 20.2. The number of benzene rings is 3. The minimum absolute atomic E-state index is 0.223. The van der Waals surface area contributed by atoms with Gasteiger partial charge >= 0.3 is 0 Å². The van der Waals surface area contributed by atoms with Crippen LogP contribution in [0.4, 0.5) is 10.1 Å². The van der Waals surface area contributed by atoms with Crippen LogP contribution < -0.4 is 5.32 Å². The average Bonchev–Trinajstić information content (AvgIpc) is 2.75. The number of pyridine rings is 1. The number of halogens is 1. The van der Waals surface area contributed by atoms with Gasteiger partial charge in [0, 0.05) is 23.6 Å². The molecule has 4 rings (SSSR count). The standard InChI is InChI=1S/C25H21FN2O/c1-17-11-13-18(14-12-17)16-22(26)20-8-2-3-9-21(20)25(29)28-23-10-4-6-19-7-5-15-27-24(19)23/h2-15,22H,16H2,1H3,(H,28,29)/t22-/m1/s1. The molecule has 0 aliphatic heterocycles. The predicted octanol–water partition coefficient (Wildman–Crippen LogP) is 6.05. The molecule has 3 nitrogen and oxygen atoms in total. The molecule has 29 heavy (non-hydrogen) atoms. The van der Waals surface area contributed by atoms with Crippen LogP contribution in [-0.4, -0.2) is 10.9 Å². The number of nitrogens with zero attached hydrogens (tertiary/aromatic N) is 1. The number of hydrogen-bond acceptors (Lipinski definition) is 2. The second-order valence-electron chi connectivity index (χ2n) is 7.08. The number of amides is 1. The summed E-state index contributed by atoms with van der Waals surface area (Å²) in [6.07, 6.45) is 0.635. The van der Waals surface area contributed by atoms with Gasteiger partial charge in [0.1, 0.15) is 6.17 Å². The summed E-state index contributed by atoms with van der Waals surface area (Å²) in [7, 11) is 0. The maximum absolute atomic E-state index is 15.1. The van der Waals surface area contributed by atoms with Gasteiger partial charge in [0.05, 0.1) is 11.2 Å². The zero-order valence-corrected chi connectivity index (χ0v) is 16.1. The Labute approximate surface area is 169 Å². The van der Waals surface area contributed by atoms with E-state index >= 15 is 4.39 Å². The highest BCUT2D eigenvalue weighted by Gasteiger charge is 2.19. The number of alkyl halides is 1. The molecule has 1 atom stereocenters. The molecule has 3 aromatic carbocycles. The van der Waals surface area contributed by atoms with Gasteiger partial charge in [-0.2, -0.15) is 0 Å². The first-order valence-corrected chi connectivity index (χ1v) is 9.55. The number of nitrogens with one attached hydrogen (secondary N) is 1. The quantitative estimate of drug-likeness (QED) is 0.455. The lowest BCUT2D eigenvalue weighted by molar-refractivity contribution is 0.102. The van der Waals surface area contributed by atoms with Crippen molar-refractivity contribution >= 4 is 22.5 Å². The van der Waals surface area contributed by atoms with E-state index < -0.39 is 6.17 Å². The molecule has 0 saturated carbocycles. The Morgan fingerprint density at radius 3 is 2.55 bits per heavy atom. The number of carbonyl (C=O) groups is 1. The Morgan fingerprint density at radius 1 is 0.966 bits per heavy atom. The van der Waals surface area contributed by atoms with E-state index in [1.54, 1.807) is 36.5 Å². The Morgan fingerprint density at radius 2 is 1.72 bits per heavy atom. The van der Waals surface area contributed by atoms with E-state index in [0.29, 0.717) is 22.3 Å². The number of fused-ring (bicyclic) bond motifs is 1. The van der Waals surface area contributed by atoms with Gasteiger partial charge in [-0.3, -0.25) is 9.78 Å². The summed E-state index contributed by atoms with van der Waals surface area (Å²) in [5.41, 5.74) is 4.07. The molecule has 1 aromatic heterocycles. The third kappa shape index (κ3) is 4.16. The van der Waals surface area contributed by atoms with Crippen molar-refractivity contribution in [2.45, 2.75) is 19.5 Å². The van der Waals surface area contributed by atoms with Crippen LogP contribution in [0.15, 0.2) is 85.1 Å². The van der Waals surface area contributed by atoms with Gasteiger partial charge in [-0.15, -0.1) is 0 Å². The minimum atomic E-state index is -1.27. The van der Waals surface area contributed by atoms with Crippen LogP contribution >= 0.6 is 0 Å². The third-order valence-corrected chi connectivity index (χ3v) is 4.96. The number of aryl methyl sites for hydroxylation is 1. The molecule has 1 heterocycles. The van der Waals surface area contributed by atoms with Crippen molar-refractivity contribution in [3.63, 3.8) is 0 Å². The van der Waals surface area contributed by atoms with E-state index in [1.165, 1.54) is 0 Å². The summed E-state index contributed by atoms with van der Waals surface area (Å²) in [4.78, 5) is 17.3. The zero-order valence-electron chi connectivity index (χ0n) is 16.1. The SMILES string of the molecule is Cc1ccc(C[C@@H](F)c2ccccc2C(=O)Nc2cccc3cccnc23)cc1. The molecule has 0 radical (unpaired) electrons. The van der Waals surface area contributed by atoms with E-state index in [9.17, 15) is 4.79 Å². The van der Waals surface area contributed by atoms with Crippen molar-refractivity contribution in [2.24, 2.45) is 0 Å². The maximum atomic E-state index is 15.1. The fourth-order valence-corrected chi connectivity index (χ4v) is 3.41. The highest BCUT2D eigenvalue weighted by Crippen LogP contribution is 2.27. The maximum Gasteiger partial charge on any atom is 0.256 e. The third-order valence-electron chi connectivity index (χ3n) is 4.96. The molecular formula is C25H21FN2O. The molecule has 0 aliphatic carbocycles. The smallest absolute Gasteiger partial charge is 0.256 e. The second kappa shape index (κ2) is 8.23. The Bertz CT molecular complexity index is 1150. The van der Waals surface area contributed by atoms with Gasteiger partial charge in [-0.1, -0.05) is 66.2 Å². The number of aromatic nitrogens is 1. The fraction of sp³-hybridized carbons (Fsp3) is 0.120. The highest BCUT2D eigenvalue weighted by atomic mass is 19.1. The number of hydrogen-bond donors (Lipinski definition) is 1. The first-order valence-electron chi connectivity index (χ1n) is 9.55. The molecular weight excluding hydrogens is 363 g/mol. The van der Waals surface area contributed by atoms with E-state index in [0.717, 1.165) is 16.5 Å². The van der Waals surface area contributed by atoms with E-state index in [4.69, 9.17) is 0 Å². The van der Waals surface area contributed by atoms with E-state index in [1.807, 2.05) is 55.5 Å². The lowest BCUT2D eigenvalue weighted by Crippen LogP contribution is -2.16. The van der Waals surface area contributed by atoms with Gasteiger partial charge < -0.3 is 5.32 Å². The van der Waals surface area contributed by atoms with Crippen LogP contribution in [0.5, 0.6) is 0 Å². The van der Waals surface area contributed by atoms with Crippen LogP contribution in [0.2, 0.25) is 0 Å². The lowest BCUT2D eigenvalue weighted by atomic mass is 9.97. The van der Waals surface area contributed by atoms with Gasteiger partial charge in [-0.05, 0) is 36.2 Å². The van der Waals surface area contributed by atoms with Crippen LogP contribution in [0.3, 0.4) is 0 Å². The molecule has 0 spiro atoms. The first-order chi connectivity index (χ1) is 14.1.